The van der Waals surface area contributed by atoms with Crippen molar-refractivity contribution in [2.45, 2.75) is 47.5 Å². The van der Waals surface area contributed by atoms with E-state index in [1.54, 1.807) is 0 Å². The molecule has 0 aliphatic carbocycles. The maximum Gasteiger partial charge on any atom is 0.00224 e. The first kappa shape index (κ1) is 15.3. The second-order valence-electron chi connectivity index (χ2n) is 5.49. The van der Waals surface area contributed by atoms with Crippen molar-refractivity contribution in [2.75, 3.05) is 25.4 Å². The number of nitrogens with zero attached hydrogens (tertiary/aromatic N) is 1. The van der Waals surface area contributed by atoms with Crippen LogP contribution in [0.1, 0.15) is 47.5 Å². The fourth-order valence-corrected chi connectivity index (χ4v) is 2.34. The quantitative estimate of drug-likeness (QED) is 0.654. The summed E-state index contributed by atoms with van der Waals surface area (Å²) >= 11 is 4.49. The van der Waals surface area contributed by atoms with Crippen molar-refractivity contribution in [3.05, 3.63) is 0 Å². The number of hydrogen-bond acceptors (Lipinski definition) is 2. The molecule has 0 saturated carbocycles. The van der Waals surface area contributed by atoms with Gasteiger partial charge in [0, 0.05) is 6.54 Å². The molecular formula is C13H29NS. The molecule has 15 heavy (non-hydrogen) atoms. The molecular weight excluding hydrogens is 202 g/mol. The van der Waals surface area contributed by atoms with Gasteiger partial charge in [0.25, 0.3) is 0 Å². The van der Waals surface area contributed by atoms with Crippen molar-refractivity contribution >= 4 is 12.6 Å². The number of unbranched alkanes of at least 4 members (excludes halogenated alkanes) is 1. The Labute approximate surface area is 102 Å². The first-order valence-electron chi connectivity index (χ1n) is 6.28. The Hall–Kier alpha value is 0.310. The van der Waals surface area contributed by atoms with Crippen LogP contribution in [0.5, 0.6) is 0 Å². The lowest BCUT2D eigenvalue weighted by Crippen LogP contribution is -2.37. The highest BCUT2D eigenvalue weighted by atomic mass is 32.1. The Morgan fingerprint density at radius 1 is 1.20 bits per heavy atom. The lowest BCUT2D eigenvalue weighted by Gasteiger charge is -2.34. The summed E-state index contributed by atoms with van der Waals surface area (Å²) in [4.78, 5) is 2.57. The minimum Gasteiger partial charge on any atom is -0.303 e. The van der Waals surface area contributed by atoms with Gasteiger partial charge in [-0.25, -0.2) is 0 Å². The van der Waals surface area contributed by atoms with E-state index >= 15 is 0 Å². The van der Waals surface area contributed by atoms with Crippen LogP contribution in [0.25, 0.3) is 0 Å². The monoisotopic (exact) mass is 231 g/mol. The van der Waals surface area contributed by atoms with Crippen molar-refractivity contribution in [3.8, 4) is 0 Å². The maximum absolute atomic E-state index is 4.49. The van der Waals surface area contributed by atoms with Gasteiger partial charge in [-0.1, -0.05) is 41.0 Å². The van der Waals surface area contributed by atoms with Gasteiger partial charge in [-0.3, -0.25) is 0 Å². The van der Waals surface area contributed by atoms with E-state index in [1.165, 1.54) is 32.5 Å². The van der Waals surface area contributed by atoms with Gasteiger partial charge in [-0.2, -0.15) is 12.6 Å². The second-order valence-corrected chi connectivity index (χ2v) is 5.86. The Morgan fingerprint density at radius 2 is 1.80 bits per heavy atom. The topological polar surface area (TPSA) is 3.24 Å². The molecule has 0 heterocycles. The minimum absolute atomic E-state index is 0.376. The van der Waals surface area contributed by atoms with E-state index in [4.69, 9.17) is 0 Å². The number of rotatable bonds is 7. The number of hydrogen-bond donors (Lipinski definition) is 1. The smallest absolute Gasteiger partial charge is 0.00224 e. The van der Waals surface area contributed by atoms with Gasteiger partial charge in [-0.15, -0.1) is 0 Å². The van der Waals surface area contributed by atoms with E-state index < -0.39 is 0 Å². The molecule has 1 unspecified atom stereocenters. The van der Waals surface area contributed by atoms with Crippen LogP contribution in [0, 0.1) is 11.3 Å². The molecule has 0 spiro atoms. The average Bonchev–Trinajstić information content (AvgIpc) is 2.16. The van der Waals surface area contributed by atoms with Gasteiger partial charge in [0.2, 0.25) is 0 Å². The van der Waals surface area contributed by atoms with Gasteiger partial charge >= 0.3 is 0 Å². The molecule has 2 heteroatoms. The van der Waals surface area contributed by atoms with Gasteiger partial charge < -0.3 is 4.90 Å². The fourth-order valence-electron chi connectivity index (χ4n) is 1.68. The Balaban J connectivity index is 4.12. The lowest BCUT2D eigenvalue weighted by atomic mass is 9.81. The molecule has 0 radical (unpaired) electrons. The molecule has 92 valence electrons. The Morgan fingerprint density at radius 3 is 2.13 bits per heavy atom. The van der Waals surface area contributed by atoms with E-state index in [9.17, 15) is 0 Å². The highest BCUT2D eigenvalue weighted by Crippen LogP contribution is 2.27. The van der Waals surface area contributed by atoms with E-state index in [0.717, 1.165) is 5.75 Å². The molecule has 0 N–H and O–H groups in total. The molecule has 0 aromatic rings. The molecule has 0 amide bonds. The molecule has 0 bridgehead atoms. The highest BCUT2D eigenvalue weighted by molar-refractivity contribution is 7.80. The van der Waals surface area contributed by atoms with Gasteiger partial charge in [0.15, 0.2) is 0 Å². The summed E-state index contributed by atoms with van der Waals surface area (Å²) in [6.45, 7) is 15.1. The molecule has 0 saturated heterocycles. The molecule has 0 aromatic heterocycles. The lowest BCUT2D eigenvalue weighted by molar-refractivity contribution is 0.168. The molecule has 0 aromatic carbocycles. The molecule has 1 atom stereocenters. The van der Waals surface area contributed by atoms with Crippen LogP contribution in [0.2, 0.25) is 0 Å². The summed E-state index contributed by atoms with van der Waals surface area (Å²) in [6.07, 6.45) is 2.61. The molecule has 0 aliphatic rings. The van der Waals surface area contributed by atoms with Crippen LogP contribution in [0.4, 0.5) is 0 Å². The Kier molecular flexibility index (Phi) is 7.72. The number of thiol groups is 1. The maximum atomic E-state index is 4.49. The third-order valence-electron chi connectivity index (χ3n) is 3.20. The van der Waals surface area contributed by atoms with Crippen molar-refractivity contribution in [1.29, 1.82) is 0 Å². The van der Waals surface area contributed by atoms with Gasteiger partial charge in [0.1, 0.15) is 0 Å². The average molecular weight is 231 g/mol. The normalized spacial score (nSPS) is 14.6. The van der Waals surface area contributed by atoms with Gasteiger partial charge in [-0.05, 0) is 36.6 Å². The molecule has 0 aliphatic heterocycles. The Bertz CT molecular complexity index is 151. The summed E-state index contributed by atoms with van der Waals surface area (Å²) in [5.74, 6) is 1.68. The van der Waals surface area contributed by atoms with Crippen LogP contribution < -0.4 is 0 Å². The fraction of sp³-hybridized carbons (Fsp3) is 1.00. The summed E-state index contributed by atoms with van der Waals surface area (Å²) in [6, 6.07) is 0. The second kappa shape index (κ2) is 7.56. The third kappa shape index (κ3) is 6.47. The van der Waals surface area contributed by atoms with Crippen molar-refractivity contribution in [1.82, 2.24) is 4.90 Å². The molecule has 1 nitrogen and oxygen atoms in total. The van der Waals surface area contributed by atoms with Crippen LogP contribution in [0.15, 0.2) is 0 Å². The predicted octanol–water partition coefficient (Wildman–Crippen LogP) is 3.70. The molecule has 0 rings (SSSR count). The van der Waals surface area contributed by atoms with Crippen LogP contribution in [-0.4, -0.2) is 30.3 Å². The van der Waals surface area contributed by atoms with Crippen molar-refractivity contribution in [2.24, 2.45) is 11.3 Å². The minimum atomic E-state index is 0.376. The third-order valence-corrected chi connectivity index (χ3v) is 3.64. The predicted molar refractivity (Wildman–Crippen MR) is 73.8 cm³/mol. The molecule has 0 fully saturated rings. The zero-order chi connectivity index (χ0) is 11.9. The van der Waals surface area contributed by atoms with Crippen LogP contribution in [0.3, 0.4) is 0 Å². The summed E-state index contributed by atoms with van der Waals surface area (Å²) < 4.78 is 0. The SMILES string of the molecule is CCCCN(CC)CC(CS)C(C)(C)C. The standard InChI is InChI=1S/C13H29NS/c1-6-8-9-14(7-2)10-12(11-15)13(3,4)5/h12,15H,6-11H2,1-5H3. The first-order chi connectivity index (χ1) is 6.95. The summed E-state index contributed by atoms with van der Waals surface area (Å²) in [5.41, 5.74) is 0.376. The van der Waals surface area contributed by atoms with Gasteiger partial charge in [0.05, 0.1) is 0 Å². The van der Waals surface area contributed by atoms with Crippen molar-refractivity contribution in [3.63, 3.8) is 0 Å². The van der Waals surface area contributed by atoms with E-state index in [0.29, 0.717) is 11.3 Å². The zero-order valence-electron chi connectivity index (χ0n) is 11.2. The van der Waals surface area contributed by atoms with Crippen LogP contribution in [-0.2, 0) is 0 Å². The summed E-state index contributed by atoms with van der Waals surface area (Å²) in [5, 5.41) is 0. The van der Waals surface area contributed by atoms with E-state index in [-0.39, 0.29) is 0 Å². The zero-order valence-corrected chi connectivity index (χ0v) is 12.1. The largest absolute Gasteiger partial charge is 0.303 e. The van der Waals surface area contributed by atoms with E-state index in [1.807, 2.05) is 0 Å². The van der Waals surface area contributed by atoms with E-state index in [2.05, 4.69) is 52.1 Å². The first-order valence-corrected chi connectivity index (χ1v) is 6.92. The van der Waals surface area contributed by atoms with Crippen molar-refractivity contribution < 1.29 is 0 Å². The highest BCUT2D eigenvalue weighted by Gasteiger charge is 2.24. The summed E-state index contributed by atoms with van der Waals surface area (Å²) in [7, 11) is 0. The van der Waals surface area contributed by atoms with Crippen LogP contribution >= 0.6 is 12.6 Å².